The number of nitrogens with one attached hydrogen (secondary N) is 1. The summed E-state index contributed by atoms with van der Waals surface area (Å²) in [5, 5.41) is 2.73. The first-order valence-electron chi connectivity index (χ1n) is 6.53. The largest absolute Gasteiger partial charge is 0.493 e. The van der Waals surface area contributed by atoms with E-state index < -0.39 is 5.82 Å². The Labute approximate surface area is 122 Å². The molecule has 1 amide bonds. The molecule has 0 aromatic heterocycles. The number of amides is 1. The van der Waals surface area contributed by atoms with Crippen molar-refractivity contribution >= 4 is 23.1 Å². The minimum absolute atomic E-state index is 0.0285. The van der Waals surface area contributed by atoms with Crippen LogP contribution in [-0.4, -0.2) is 19.1 Å². The van der Waals surface area contributed by atoms with E-state index in [1.807, 2.05) is 13.8 Å². The number of allylic oxidation sites excluding steroid dienone is 1. The van der Waals surface area contributed by atoms with Crippen LogP contribution in [0.15, 0.2) is 12.6 Å². The molecule has 0 bridgehead atoms. The summed E-state index contributed by atoms with van der Waals surface area (Å²) in [6, 6.07) is 1.53. The van der Waals surface area contributed by atoms with Crippen LogP contribution in [0, 0.1) is 5.82 Å². The van der Waals surface area contributed by atoms with Crippen LogP contribution in [-0.2, 0) is 4.79 Å². The summed E-state index contributed by atoms with van der Waals surface area (Å²) in [6.45, 7) is 8.32. The summed E-state index contributed by atoms with van der Waals surface area (Å²) < 4.78 is 20.0. The highest BCUT2D eigenvalue weighted by Gasteiger charge is 2.31. The van der Waals surface area contributed by atoms with Crippen molar-refractivity contribution in [3.8, 4) is 5.75 Å². The first kappa shape index (κ1) is 14.9. The van der Waals surface area contributed by atoms with Gasteiger partial charge < -0.3 is 10.1 Å². The van der Waals surface area contributed by atoms with Gasteiger partial charge in [-0.1, -0.05) is 18.2 Å². The third-order valence-corrected chi connectivity index (χ3v) is 3.62. The maximum absolute atomic E-state index is 14.4. The van der Waals surface area contributed by atoms with E-state index in [2.05, 4.69) is 11.9 Å². The summed E-state index contributed by atoms with van der Waals surface area (Å²) in [5.74, 6) is -0.417. The smallest absolute Gasteiger partial charge is 0.220 e. The summed E-state index contributed by atoms with van der Waals surface area (Å²) >= 11 is 5.97. The molecule has 1 saturated heterocycles. The molecule has 20 heavy (non-hydrogen) atoms. The van der Waals surface area contributed by atoms with Crippen LogP contribution in [0.5, 0.6) is 5.75 Å². The number of ether oxygens (including phenoxy) is 1. The predicted octanol–water partition coefficient (Wildman–Crippen LogP) is 3.51. The van der Waals surface area contributed by atoms with E-state index in [4.69, 9.17) is 16.3 Å². The molecule has 0 spiro atoms. The zero-order valence-electron chi connectivity index (χ0n) is 11.6. The number of benzene rings is 1. The van der Waals surface area contributed by atoms with Gasteiger partial charge in [0, 0.05) is 30.0 Å². The minimum Gasteiger partial charge on any atom is -0.493 e. The van der Waals surface area contributed by atoms with Crippen molar-refractivity contribution in [2.75, 3.05) is 13.2 Å². The number of rotatable bonds is 4. The van der Waals surface area contributed by atoms with Crippen LogP contribution < -0.4 is 10.1 Å². The quantitative estimate of drug-likeness (QED) is 0.923. The Hall–Kier alpha value is -1.55. The second-order valence-corrected chi connectivity index (χ2v) is 5.29. The molecule has 5 heteroatoms. The van der Waals surface area contributed by atoms with Crippen LogP contribution in [0.1, 0.15) is 37.3 Å². The summed E-state index contributed by atoms with van der Waals surface area (Å²) in [7, 11) is 0. The highest BCUT2D eigenvalue weighted by Crippen LogP contribution is 2.41. The number of carbonyl (C=O) groups excluding carboxylic acids is 1. The van der Waals surface area contributed by atoms with Gasteiger partial charge in [0.15, 0.2) is 0 Å². The zero-order valence-corrected chi connectivity index (χ0v) is 12.3. The number of hydrogen-bond donors (Lipinski definition) is 1. The van der Waals surface area contributed by atoms with Crippen molar-refractivity contribution in [2.24, 2.45) is 0 Å². The SMILES string of the molecule is C=C(C)c1cc(Cl)c(F)c(C2CNC(=O)C2)c1OCC. The molecule has 1 unspecified atom stereocenters. The highest BCUT2D eigenvalue weighted by atomic mass is 35.5. The average molecular weight is 298 g/mol. The first-order chi connectivity index (χ1) is 9.45. The molecular formula is C15H17ClFNO2. The predicted molar refractivity (Wildman–Crippen MR) is 77.7 cm³/mol. The van der Waals surface area contributed by atoms with Crippen LogP contribution in [0.3, 0.4) is 0 Å². The molecule has 1 aliphatic rings. The van der Waals surface area contributed by atoms with Crippen molar-refractivity contribution in [1.29, 1.82) is 0 Å². The minimum atomic E-state index is -0.512. The Bertz CT molecular complexity index is 571. The van der Waals surface area contributed by atoms with E-state index in [0.717, 1.165) is 5.57 Å². The van der Waals surface area contributed by atoms with E-state index >= 15 is 0 Å². The van der Waals surface area contributed by atoms with E-state index in [-0.39, 0.29) is 23.3 Å². The van der Waals surface area contributed by atoms with Crippen molar-refractivity contribution in [3.63, 3.8) is 0 Å². The molecular weight excluding hydrogens is 281 g/mol. The van der Waals surface area contributed by atoms with Gasteiger partial charge in [0.1, 0.15) is 11.6 Å². The number of halogens is 2. The summed E-state index contributed by atoms with van der Waals surface area (Å²) in [6.07, 6.45) is 0.243. The van der Waals surface area contributed by atoms with Gasteiger partial charge in [0.05, 0.1) is 11.6 Å². The molecule has 1 fully saturated rings. The van der Waals surface area contributed by atoms with Gasteiger partial charge in [-0.15, -0.1) is 0 Å². The highest BCUT2D eigenvalue weighted by molar-refractivity contribution is 6.31. The van der Waals surface area contributed by atoms with Crippen molar-refractivity contribution in [1.82, 2.24) is 5.32 Å². The van der Waals surface area contributed by atoms with E-state index in [1.165, 1.54) is 6.07 Å². The number of carbonyl (C=O) groups is 1. The number of hydrogen-bond acceptors (Lipinski definition) is 2. The fourth-order valence-electron chi connectivity index (χ4n) is 2.42. The average Bonchev–Trinajstić information content (AvgIpc) is 2.80. The maximum Gasteiger partial charge on any atom is 0.220 e. The van der Waals surface area contributed by atoms with Crippen LogP contribution in [0.25, 0.3) is 5.57 Å². The van der Waals surface area contributed by atoms with E-state index in [1.54, 1.807) is 0 Å². The fraction of sp³-hybridized carbons (Fsp3) is 0.400. The summed E-state index contributed by atoms with van der Waals surface area (Å²) in [5.41, 5.74) is 1.80. The normalized spacial score (nSPS) is 18.0. The molecule has 1 atom stereocenters. The molecule has 1 aromatic rings. The lowest BCUT2D eigenvalue weighted by atomic mass is 9.92. The Morgan fingerprint density at radius 3 is 2.85 bits per heavy atom. The second-order valence-electron chi connectivity index (χ2n) is 4.88. The third kappa shape index (κ3) is 2.66. The second kappa shape index (κ2) is 5.83. The van der Waals surface area contributed by atoms with Gasteiger partial charge in [-0.3, -0.25) is 4.79 Å². The van der Waals surface area contributed by atoms with Gasteiger partial charge in [0.2, 0.25) is 5.91 Å². The molecule has 2 rings (SSSR count). The van der Waals surface area contributed by atoms with Gasteiger partial charge in [-0.25, -0.2) is 4.39 Å². The molecule has 1 aliphatic heterocycles. The molecule has 1 N–H and O–H groups in total. The topological polar surface area (TPSA) is 38.3 Å². The molecule has 1 aromatic carbocycles. The lowest BCUT2D eigenvalue weighted by Crippen LogP contribution is -2.14. The zero-order chi connectivity index (χ0) is 14.9. The molecule has 1 heterocycles. The van der Waals surface area contributed by atoms with Gasteiger partial charge >= 0.3 is 0 Å². The van der Waals surface area contributed by atoms with E-state index in [9.17, 15) is 9.18 Å². The standard InChI is InChI=1S/C15H17ClFNO2/c1-4-20-15-10(8(2)3)6-11(16)14(17)13(15)9-5-12(19)18-7-9/h6,9H,2,4-5,7H2,1,3H3,(H,18,19). The van der Waals surface area contributed by atoms with Crippen molar-refractivity contribution in [2.45, 2.75) is 26.2 Å². The summed E-state index contributed by atoms with van der Waals surface area (Å²) in [4.78, 5) is 11.4. The van der Waals surface area contributed by atoms with Crippen LogP contribution in [0.4, 0.5) is 4.39 Å². The van der Waals surface area contributed by atoms with Crippen LogP contribution in [0.2, 0.25) is 5.02 Å². The van der Waals surface area contributed by atoms with Gasteiger partial charge in [-0.05, 0) is 25.5 Å². The van der Waals surface area contributed by atoms with E-state index in [0.29, 0.717) is 30.0 Å². The molecule has 3 nitrogen and oxygen atoms in total. The maximum atomic E-state index is 14.4. The lowest BCUT2D eigenvalue weighted by molar-refractivity contribution is -0.119. The molecule has 0 saturated carbocycles. The van der Waals surface area contributed by atoms with Gasteiger partial charge in [0.25, 0.3) is 0 Å². The Morgan fingerprint density at radius 1 is 1.65 bits per heavy atom. The first-order valence-corrected chi connectivity index (χ1v) is 6.90. The Morgan fingerprint density at radius 2 is 2.35 bits per heavy atom. The Balaban J connectivity index is 2.62. The monoisotopic (exact) mass is 297 g/mol. The van der Waals surface area contributed by atoms with Crippen molar-refractivity contribution in [3.05, 3.63) is 34.6 Å². The van der Waals surface area contributed by atoms with Gasteiger partial charge in [-0.2, -0.15) is 0 Å². The van der Waals surface area contributed by atoms with Crippen molar-refractivity contribution < 1.29 is 13.9 Å². The molecule has 0 aliphatic carbocycles. The lowest BCUT2D eigenvalue weighted by Gasteiger charge is -2.20. The Kier molecular flexibility index (Phi) is 4.33. The van der Waals surface area contributed by atoms with Crippen LogP contribution >= 0.6 is 11.6 Å². The third-order valence-electron chi connectivity index (χ3n) is 3.34. The molecule has 0 radical (unpaired) electrons. The molecule has 108 valence electrons. The fourth-order valence-corrected chi connectivity index (χ4v) is 2.63.